The van der Waals surface area contributed by atoms with E-state index in [1.54, 1.807) is 0 Å². The number of imide groups is 1. The summed E-state index contributed by atoms with van der Waals surface area (Å²) in [5.41, 5.74) is 0.528. The van der Waals surface area contributed by atoms with Crippen LogP contribution in [0.4, 0.5) is 4.79 Å². The highest BCUT2D eigenvalue weighted by molar-refractivity contribution is 9.14. The molecule has 1 saturated heterocycles. The summed E-state index contributed by atoms with van der Waals surface area (Å²) >= 11 is 13.1. The minimum Gasteiger partial charge on any atom is -0.350 e. The highest BCUT2D eigenvalue weighted by Crippen LogP contribution is 2.33. The maximum Gasteiger partial charge on any atom is 0.326 e. The highest BCUT2D eigenvalue weighted by Gasteiger charge is 2.25. The Labute approximate surface area is 158 Å². The SMILES string of the molecule is O=C1NC(=O)/C(=C(\Br)CCNC(=O)c2[nH]c(Br)c(Br)c2Br)N1. The molecular weight excluding hydrogens is 556 g/mol. The molecule has 1 fully saturated rings. The number of nitrogens with one attached hydrogen (secondary N) is 4. The van der Waals surface area contributed by atoms with Gasteiger partial charge < -0.3 is 15.6 Å². The van der Waals surface area contributed by atoms with Gasteiger partial charge >= 0.3 is 6.03 Å². The van der Waals surface area contributed by atoms with E-state index in [0.717, 1.165) is 0 Å². The molecule has 0 bridgehead atoms. The number of aromatic nitrogens is 1. The Bertz CT molecular complexity index is 698. The van der Waals surface area contributed by atoms with Crippen molar-refractivity contribution >= 4 is 81.6 Å². The van der Waals surface area contributed by atoms with Gasteiger partial charge in [-0.1, -0.05) is 15.9 Å². The second-order valence-corrected chi connectivity index (χ2v) is 7.47. The van der Waals surface area contributed by atoms with Crippen LogP contribution >= 0.6 is 63.7 Å². The third-order valence-corrected chi connectivity index (χ3v) is 6.70. The molecule has 7 nitrogen and oxygen atoms in total. The zero-order valence-electron chi connectivity index (χ0n) is 10.7. The zero-order valence-corrected chi connectivity index (χ0v) is 17.0. The van der Waals surface area contributed by atoms with Crippen LogP contribution in [0.3, 0.4) is 0 Å². The molecule has 0 radical (unpaired) electrons. The third kappa shape index (κ3) is 3.81. The number of halogens is 4. The van der Waals surface area contributed by atoms with Gasteiger partial charge in [0.25, 0.3) is 11.8 Å². The topological polar surface area (TPSA) is 103 Å². The van der Waals surface area contributed by atoms with Crippen molar-refractivity contribution in [2.45, 2.75) is 6.42 Å². The molecule has 0 spiro atoms. The molecule has 0 unspecified atom stereocenters. The van der Waals surface area contributed by atoms with E-state index in [-0.39, 0.29) is 18.1 Å². The smallest absolute Gasteiger partial charge is 0.326 e. The Hall–Kier alpha value is -0.650. The fourth-order valence-corrected chi connectivity index (χ4v) is 3.55. The van der Waals surface area contributed by atoms with Crippen LogP contribution in [0.2, 0.25) is 0 Å². The van der Waals surface area contributed by atoms with Gasteiger partial charge in [0.1, 0.15) is 11.4 Å². The lowest BCUT2D eigenvalue weighted by atomic mass is 10.3. The van der Waals surface area contributed by atoms with Crippen molar-refractivity contribution in [3.63, 3.8) is 0 Å². The molecule has 1 aromatic rings. The van der Waals surface area contributed by atoms with Crippen LogP contribution in [-0.2, 0) is 4.79 Å². The average Bonchev–Trinajstić information content (AvgIpc) is 2.92. The predicted octanol–water partition coefficient (Wildman–Crippen LogP) is 2.87. The summed E-state index contributed by atoms with van der Waals surface area (Å²) in [7, 11) is 0. The normalized spacial score (nSPS) is 16.4. The second-order valence-electron chi connectivity index (χ2n) is 4.14. The van der Waals surface area contributed by atoms with Crippen LogP contribution in [0.25, 0.3) is 0 Å². The molecule has 1 aromatic heterocycles. The van der Waals surface area contributed by atoms with E-state index < -0.39 is 11.9 Å². The van der Waals surface area contributed by atoms with Crippen molar-refractivity contribution in [2.75, 3.05) is 6.54 Å². The molecule has 0 saturated carbocycles. The lowest BCUT2D eigenvalue weighted by Crippen LogP contribution is -2.25. The number of rotatable bonds is 4. The maximum atomic E-state index is 12.1. The average molecular weight is 564 g/mol. The molecular formula is C11H8Br4N4O3. The number of hydrogen-bond donors (Lipinski definition) is 4. The first kappa shape index (κ1) is 17.7. The van der Waals surface area contributed by atoms with E-state index in [1.807, 2.05) is 0 Å². The number of hydrogen-bond acceptors (Lipinski definition) is 3. The molecule has 118 valence electrons. The molecule has 0 aromatic carbocycles. The first-order valence-corrected chi connectivity index (χ1v) is 9.00. The third-order valence-electron chi connectivity index (χ3n) is 2.66. The monoisotopic (exact) mass is 560 g/mol. The van der Waals surface area contributed by atoms with Gasteiger partial charge in [-0.05, 0) is 54.2 Å². The summed E-state index contributed by atoms with van der Waals surface area (Å²) in [5.74, 6) is -0.799. The second kappa shape index (κ2) is 7.28. The molecule has 2 heterocycles. The van der Waals surface area contributed by atoms with Gasteiger partial charge in [-0.15, -0.1) is 0 Å². The van der Waals surface area contributed by atoms with Gasteiger partial charge in [0.15, 0.2) is 0 Å². The van der Waals surface area contributed by atoms with Crippen LogP contribution in [0.5, 0.6) is 0 Å². The molecule has 0 aliphatic carbocycles. The summed E-state index contributed by atoms with van der Waals surface area (Å²) in [4.78, 5) is 37.4. The summed E-state index contributed by atoms with van der Waals surface area (Å²) in [6, 6.07) is -0.564. The van der Waals surface area contributed by atoms with Crippen LogP contribution in [-0.4, -0.2) is 29.4 Å². The van der Waals surface area contributed by atoms with E-state index in [1.165, 1.54) is 0 Å². The lowest BCUT2D eigenvalue weighted by molar-refractivity contribution is -0.115. The van der Waals surface area contributed by atoms with Gasteiger partial charge in [0.05, 0.1) is 13.5 Å². The Balaban J connectivity index is 1.95. The van der Waals surface area contributed by atoms with Crippen LogP contribution < -0.4 is 16.0 Å². The summed E-state index contributed by atoms with van der Waals surface area (Å²) < 4.78 is 2.48. The van der Waals surface area contributed by atoms with Crippen molar-refractivity contribution in [1.82, 2.24) is 20.9 Å². The van der Waals surface area contributed by atoms with Crippen molar-refractivity contribution in [2.24, 2.45) is 0 Å². The molecule has 4 amide bonds. The molecule has 1 aliphatic heterocycles. The van der Waals surface area contributed by atoms with Crippen molar-refractivity contribution in [1.29, 1.82) is 0 Å². The van der Waals surface area contributed by atoms with E-state index in [4.69, 9.17) is 0 Å². The number of carbonyl (C=O) groups is 3. The number of H-pyrrole nitrogens is 1. The Morgan fingerprint density at radius 2 is 1.77 bits per heavy atom. The fraction of sp³-hybridized carbons (Fsp3) is 0.182. The minimum atomic E-state index is -0.564. The van der Waals surface area contributed by atoms with E-state index in [0.29, 0.717) is 30.1 Å². The number of aromatic amines is 1. The molecule has 22 heavy (non-hydrogen) atoms. The summed E-state index contributed by atoms with van der Waals surface area (Å²) in [6.07, 6.45) is 0.357. The molecule has 11 heteroatoms. The van der Waals surface area contributed by atoms with Crippen LogP contribution in [0.1, 0.15) is 16.9 Å². The predicted molar refractivity (Wildman–Crippen MR) is 93.5 cm³/mol. The standard InChI is InChI=1S/C11H8Br4N4O3/c12-3(6-10(21)19-11(22)18-6)1-2-16-9(20)7-4(13)5(14)8(15)17-7/h17H,1-2H2,(H,16,20)(H2,18,19,21,22)/b6-3+. The number of urea groups is 1. The Morgan fingerprint density at radius 1 is 1.09 bits per heavy atom. The first-order valence-electron chi connectivity index (χ1n) is 5.83. The van der Waals surface area contributed by atoms with Gasteiger partial charge in [0.2, 0.25) is 0 Å². The van der Waals surface area contributed by atoms with E-state index >= 15 is 0 Å². The summed E-state index contributed by atoms with van der Waals surface area (Å²) in [5, 5.41) is 7.20. The number of amides is 4. The molecule has 1 aliphatic rings. The molecule has 4 N–H and O–H groups in total. The quantitative estimate of drug-likeness (QED) is 0.335. The van der Waals surface area contributed by atoms with E-state index in [9.17, 15) is 14.4 Å². The molecule has 2 rings (SSSR count). The maximum absolute atomic E-state index is 12.1. The molecule has 0 atom stereocenters. The van der Waals surface area contributed by atoms with Gasteiger partial charge in [-0.2, -0.15) is 0 Å². The van der Waals surface area contributed by atoms with Gasteiger partial charge in [0, 0.05) is 11.0 Å². The van der Waals surface area contributed by atoms with Crippen LogP contribution in [0.15, 0.2) is 23.7 Å². The number of carbonyl (C=O) groups excluding carboxylic acids is 3. The van der Waals surface area contributed by atoms with Crippen molar-refractivity contribution < 1.29 is 14.4 Å². The lowest BCUT2D eigenvalue weighted by Gasteiger charge is -2.05. The van der Waals surface area contributed by atoms with Crippen molar-refractivity contribution in [3.8, 4) is 0 Å². The van der Waals surface area contributed by atoms with Gasteiger partial charge in [-0.3, -0.25) is 14.9 Å². The Kier molecular flexibility index (Phi) is 5.86. The van der Waals surface area contributed by atoms with Crippen LogP contribution in [0, 0.1) is 0 Å². The van der Waals surface area contributed by atoms with E-state index in [2.05, 4.69) is 84.7 Å². The van der Waals surface area contributed by atoms with Crippen molar-refractivity contribution in [3.05, 3.63) is 29.4 Å². The minimum absolute atomic E-state index is 0.158. The highest BCUT2D eigenvalue weighted by atomic mass is 79.9. The largest absolute Gasteiger partial charge is 0.350 e. The fourth-order valence-electron chi connectivity index (χ4n) is 1.64. The zero-order chi connectivity index (χ0) is 16.4. The Morgan fingerprint density at radius 3 is 2.27 bits per heavy atom. The van der Waals surface area contributed by atoms with Gasteiger partial charge in [-0.25, -0.2) is 4.79 Å². The first-order chi connectivity index (χ1) is 10.3. The summed E-state index contributed by atoms with van der Waals surface area (Å²) in [6.45, 7) is 0.284.